The van der Waals surface area contributed by atoms with E-state index in [9.17, 15) is 0 Å². The van der Waals surface area contributed by atoms with Crippen molar-refractivity contribution >= 4 is 0 Å². The molecule has 1 aliphatic heterocycles. The Balaban J connectivity index is 1.55. The minimum atomic E-state index is -0.0703. The zero-order chi connectivity index (χ0) is 14.5. The quantitative estimate of drug-likeness (QED) is 0.834. The van der Waals surface area contributed by atoms with Crippen molar-refractivity contribution < 1.29 is 14.2 Å². The number of rotatable bonds is 5. The van der Waals surface area contributed by atoms with E-state index in [1.165, 1.54) is 11.1 Å². The van der Waals surface area contributed by atoms with E-state index >= 15 is 0 Å². The third-order valence-corrected chi connectivity index (χ3v) is 3.54. The van der Waals surface area contributed by atoms with Crippen molar-refractivity contribution in [3.63, 3.8) is 0 Å². The lowest BCUT2D eigenvalue weighted by atomic mass is 10.1. The Morgan fingerprint density at radius 2 is 1.71 bits per heavy atom. The fourth-order valence-electron chi connectivity index (χ4n) is 2.37. The van der Waals surface area contributed by atoms with Gasteiger partial charge in [-0.05, 0) is 29.7 Å². The Hall–Kier alpha value is -1.84. The van der Waals surface area contributed by atoms with Crippen molar-refractivity contribution in [1.29, 1.82) is 0 Å². The molecule has 0 radical (unpaired) electrons. The summed E-state index contributed by atoms with van der Waals surface area (Å²) >= 11 is 0. The molecule has 1 aliphatic rings. The van der Waals surface area contributed by atoms with Gasteiger partial charge < -0.3 is 14.2 Å². The highest BCUT2D eigenvalue weighted by molar-refractivity contribution is 5.63. The molecule has 3 rings (SSSR count). The second-order valence-corrected chi connectivity index (χ2v) is 5.13. The molecule has 2 aromatic rings. The largest absolute Gasteiger partial charge is 0.491 e. The minimum Gasteiger partial charge on any atom is -0.491 e. The molecular weight excluding hydrogens is 264 g/mol. The summed E-state index contributed by atoms with van der Waals surface area (Å²) in [6.07, 6.45) is 0.838. The predicted molar refractivity (Wildman–Crippen MR) is 82.3 cm³/mol. The molecule has 1 heterocycles. The smallest absolute Gasteiger partial charge is 0.158 e. The summed E-state index contributed by atoms with van der Waals surface area (Å²) in [7, 11) is 0. The van der Waals surface area contributed by atoms with Crippen molar-refractivity contribution in [2.75, 3.05) is 13.2 Å². The van der Waals surface area contributed by atoms with E-state index in [2.05, 4.69) is 31.2 Å². The monoisotopic (exact) mass is 284 g/mol. The molecule has 0 saturated carbocycles. The first-order valence-corrected chi connectivity index (χ1v) is 7.40. The summed E-state index contributed by atoms with van der Waals surface area (Å²) in [5.74, 6) is 0.859. The van der Waals surface area contributed by atoms with E-state index in [0.717, 1.165) is 12.2 Å². The second kappa shape index (κ2) is 6.74. The van der Waals surface area contributed by atoms with E-state index in [4.69, 9.17) is 14.2 Å². The van der Waals surface area contributed by atoms with Crippen LogP contribution in [0.4, 0.5) is 0 Å². The van der Waals surface area contributed by atoms with Crippen LogP contribution in [0.25, 0.3) is 11.1 Å². The lowest BCUT2D eigenvalue weighted by Crippen LogP contribution is -2.20. The Morgan fingerprint density at radius 3 is 2.38 bits per heavy atom. The van der Waals surface area contributed by atoms with E-state index in [1.54, 1.807) is 0 Å². The highest BCUT2D eigenvalue weighted by Gasteiger charge is 2.24. The van der Waals surface area contributed by atoms with Gasteiger partial charge in [-0.25, -0.2) is 0 Å². The first-order chi connectivity index (χ1) is 10.3. The first kappa shape index (κ1) is 14.1. The molecule has 1 fully saturated rings. The SMILES string of the molecule is CCC1OCC(COc2ccc(-c3ccccc3)cc2)O1. The van der Waals surface area contributed by atoms with Gasteiger partial charge in [0.25, 0.3) is 0 Å². The summed E-state index contributed by atoms with van der Waals surface area (Å²) < 4.78 is 16.9. The highest BCUT2D eigenvalue weighted by atomic mass is 16.7. The standard InChI is InChI=1S/C18H20O3/c1-2-18-20-13-17(21-18)12-19-16-10-8-15(9-11-16)14-6-4-3-5-7-14/h3-11,17-18H,2,12-13H2,1H3. The Labute approximate surface area is 125 Å². The van der Waals surface area contributed by atoms with Gasteiger partial charge in [0.15, 0.2) is 6.29 Å². The third kappa shape index (κ3) is 3.63. The minimum absolute atomic E-state index is 0.0312. The Kier molecular flexibility index (Phi) is 4.53. The van der Waals surface area contributed by atoms with Crippen LogP contribution in [0.3, 0.4) is 0 Å². The van der Waals surface area contributed by atoms with E-state index < -0.39 is 0 Å². The summed E-state index contributed by atoms with van der Waals surface area (Å²) in [6.45, 7) is 3.19. The second-order valence-electron chi connectivity index (χ2n) is 5.13. The van der Waals surface area contributed by atoms with E-state index in [1.807, 2.05) is 30.3 Å². The lowest BCUT2D eigenvalue weighted by molar-refractivity contribution is -0.0642. The van der Waals surface area contributed by atoms with Crippen LogP contribution >= 0.6 is 0 Å². The number of benzene rings is 2. The molecule has 0 spiro atoms. The number of hydrogen-bond donors (Lipinski definition) is 0. The topological polar surface area (TPSA) is 27.7 Å². The van der Waals surface area contributed by atoms with Crippen LogP contribution in [0.1, 0.15) is 13.3 Å². The summed E-state index contributed by atoms with van der Waals surface area (Å²) in [5, 5.41) is 0. The van der Waals surface area contributed by atoms with Crippen molar-refractivity contribution in [2.45, 2.75) is 25.7 Å². The highest BCUT2D eigenvalue weighted by Crippen LogP contribution is 2.22. The van der Waals surface area contributed by atoms with Gasteiger partial charge in [-0.15, -0.1) is 0 Å². The van der Waals surface area contributed by atoms with Crippen LogP contribution < -0.4 is 4.74 Å². The average Bonchev–Trinajstić information content (AvgIpc) is 3.02. The molecule has 3 nitrogen and oxygen atoms in total. The number of hydrogen-bond acceptors (Lipinski definition) is 3. The summed E-state index contributed by atoms with van der Waals surface area (Å²) in [4.78, 5) is 0. The van der Waals surface area contributed by atoms with Crippen LogP contribution in [-0.2, 0) is 9.47 Å². The van der Waals surface area contributed by atoms with Gasteiger partial charge in [0.1, 0.15) is 18.5 Å². The fourth-order valence-corrected chi connectivity index (χ4v) is 2.37. The van der Waals surface area contributed by atoms with Crippen LogP contribution in [0.15, 0.2) is 54.6 Å². The van der Waals surface area contributed by atoms with Gasteiger partial charge in [0, 0.05) is 0 Å². The molecule has 3 heteroatoms. The zero-order valence-electron chi connectivity index (χ0n) is 12.2. The van der Waals surface area contributed by atoms with Crippen LogP contribution in [0.5, 0.6) is 5.75 Å². The van der Waals surface area contributed by atoms with Gasteiger partial charge in [0.05, 0.1) is 6.61 Å². The normalized spacial score (nSPS) is 21.4. The van der Waals surface area contributed by atoms with Crippen LogP contribution in [0, 0.1) is 0 Å². The molecule has 0 N–H and O–H groups in total. The van der Waals surface area contributed by atoms with E-state index in [0.29, 0.717) is 13.2 Å². The van der Waals surface area contributed by atoms with Crippen LogP contribution in [0.2, 0.25) is 0 Å². The fraction of sp³-hybridized carbons (Fsp3) is 0.333. The lowest BCUT2D eigenvalue weighted by Gasteiger charge is -2.12. The molecule has 110 valence electrons. The molecule has 21 heavy (non-hydrogen) atoms. The molecule has 0 amide bonds. The molecule has 2 aromatic carbocycles. The van der Waals surface area contributed by atoms with Gasteiger partial charge in [-0.2, -0.15) is 0 Å². The average molecular weight is 284 g/mol. The third-order valence-electron chi connectivity index (χ3n) is 3.54. The Morgan fingerprint density at radius 1 is 1.00 bits per heavy atom. The molecule has 2 atom stereocenters. The predicted octanol–water partition coefficient (Wildman–Crippen LogP) is 3.88. The van der Waals surface area contributed by atoms with Crippen LogP contribution in [-0.4, -0.2) is 25.6 Å². The van der Waals surface area contributed by atoms with Gasteiger partial charge in [-0.1, -0.05) is 49.4 Å². The Bertz CT molecular complexity index is 550. The number of ether oxygens (including phenoxy) is 3. The maximum absolute atomic E-state index is 5.77. The molecular formula is C18H20O3. The van der Waals surface area contributed by atoms with E-state index in [-0.39, 0.29) is 12.4 Å². The molecule has 2 unspecified atom stereocenters. The first-order valence-electron chi connectivity index (χ1n) is 7.40. The van der Waals surface area contributed by atoms with Crippen molar-refractivity contribution in [3.8, 4) is 16.9 Å². The maximum Gasteiger partial charge on any atom is 0.158 e. The molecule has 1 saturated heterocycles. The van der Waals surface area contributed by atoms with Gasteiger partial charge >= 0.3 is 0 Å². The van der Waals surface area contributed by atoms with Crippen molar-refractivity contribution in [1.82, 2.24) is 0 Å². The van der Waals surface area contributed by atoms with Crippen molar-refractivity contribution in [2.24, 2.45) is 0 Å². The van der Waals surface area contributed by atoms with Gasteiger partial charge in [-0.3, -0.25) is 0 Å². The maximum atomic E-state index is 5.77. The van der Waals surface area contributed by atoms with Crippen molar-refractivity contribution in [3.05, 3.63) is 54.6 Å². The zero-order valence-corrected chi connectivity index (χ0v) is 12.2. The molecule has 0 bridgehead atoms. The molecule has 0 aromatic heterocycles. The summed E-state index contributed by atoms with van der Waals surface area (Å²) in [6, 6.07) is 18.5. The van der Waals surface area contributed by atoms with Gasteiger partial charge in [0.2, 0.25) is 0 Å². The summed E-state index contributed by atoms with van der Waals surface area (Å²) in [5.41, 5.74) is 2.40. The molecule has 0 aliphatic carbocycles.